The summed E-state index contributed by atoms with van der Waals surface area (Å²) >= 11 is 0. The molecule has 1 saturated heterocycles. The van der Waals surface area contributed by atoms with Gasteiger partial charge in [-0.05, 0) is 62.4 Å². The van der Waals surface area contributed by atoms with Gasteiger partial charge in [0, 0.05) is 30.0 Å². The smallest absolute Gasteiger partial charge is 0.361 e. The Hall–Kier alpha value is -4.27. The number of primary sulfonamides is 1. The Kier molecular flexibility index (Phi) is 9.14. The lowest BCUT2D eigenvalue weighted by Gasteiger charge is -2.29. The molecule has 40 heavy (non-hydrogen) atoms. The first-order valence-electron chi connectivity index (χ1n) is 12.6. The first kappa shape index (κ1) is 28.7. The van der Waals surface area contributed by atoms with E-state index in [9.17, 15) is 18.0 Å². The summed E-state index contributed by atoms with van der Waals surface area (Å²) in [6.07, 6.45) is 0. The number of esters is 1. The van der Waals surface area contributed by atoms with E-state index in [1.165, 1.54) is 24.3 Å². The molecule has 0 spiro atoms. The molecule has 4 rings (SSSR count). The summed E-state index contributed by atoms with van der Waals surface area (Å²) in [6, 6.07) is 11.7. The minimum atomic E-state index is -3.83. The molecule has 13 nitrogen and oxygen atoms in total. The zero-order chi connectivity index (χ0) is 28.7. The minimum Gasteiger partial charge on any atom is -0.488 e. The van der Waals surface area contributed by atoms with Crippen LogP contribution in [-0.4, -0.2) is 69.9 Å². The van der Waals surface area contributed by atoms with E-state index in [0.717, 1.165) is 0 Å². The highest BCUT2D eigenvalue weighted by Gasteiger charge is 2.27. The number of carbonyl (C=O) groups is 2. The van der Waals surface area contributed by atoms with E-state index in [1.807, 2.05) is 11.8 Å². The van der Waals surface area contributed by atoms with Crippen molar-refractivity contribution in [3.05, 3.63) is 54.2 Å². The quantitative estimate of drug-likeness (QED) is 0.324. The van der Waals surface area contributed by atoms with Crippen molar-refractivity contribution in [1.29, 1.82) is 0 Å². The Labute approximate surface area is 231 Å². The van der Waals surface area contributed by atoms with Crippen LogP contribution in [0.3, 0.4) is 0 Å². The fourth-order valence-electron chi connectivity index (χ4n) is 3.90. The van der Waals surface area contributed by atoms with Crippen molar-refractivity contribution in [2.24, 2.45) is 5.14 Å². The molecule has 1 aromatic heterocycles. The summed E-state index contributed by atoms with van der Waals surface area (Å²) in [5.41, 5.74) is 1.50. The van der Waals surface area contributed by atoms with Crippen LogP contribution in [0.1, 0.15) is 24.3 Å². The molecule has 0 unspecified atom stereocenters. The average molecular weight is 571 g/mol. The monoisotopic (exact) mass is 570 g/mol. The number of hydrogen-bond acceptors (Lipinski definition) is 10. The van der Waals surface area contributed by atoms with Gasteiger partial charge in [0.25, 0.3) is 0 Å². The summed E-state index contributed by atoms with van der Waals surface area (Å²) in [7, 11) is -3.83. The predicted molar refractivity (Wildman–Crippen MR) is 148 cm³/mol. The van der Waals surface area contributed by atoms with Gasteiger partial charge in [0.1, 0.15) is 0 Å². The zero-order valence-electron chi connectivity index (χ0n) is 22.0. The molecule has 2 aromatic carbocycles. The van der Waals surface area contributed by atoms with E-state index < -0.39 is 22.0 Å². The minimum absolute atomic E-state index is 0.0326. The van der Waals surface area contributed by atoms with Gasteiger partial charge in [0.05, 0.1) is 31.3 Å². The molecule has 2 amide bonds. The Morgan fingerprint density at radius 3 is 2.10 bits per heavy atom. The second kappa shape index (κ2) is 12.7. The van der Waals surface area contributed by atoms with Crippen molar-refractivity contribution in [1.82, 2.24) is 9.97 Å². The number of carbonyl (C=O) groups excluding carboxylic acids is 2. The molecule has 1 aliphatic rings. The normalized spacial score (nSPS) is 13.4. The number of anilines is 3. The van der Waals surface area contributed by atoms with E-state index in [1.54, 1.807) is 31.2 Å². The summed E-state index contributed by atoms with van der Waals surface area (Å²) in [6.45, 7) is 6.18. The van der Waals surface area contributed by atoms with E-state index in [4.69, 9.17) is 24.3 Å². The second-order valence-corrected chi connectivity index (χ2v) is 10.1. The first-order valence-corrected chi connectivity index (χ1v) is 14.1. The lowest BCUT2D eigenvalue weighted by atomic mass is 10.2. The predicted octanol–water partition coefficient (Wildman–Crippen LogP) is 2.85. The van der Waals surface area contributed by atoms with E-state index >= 15 is 0 Å². The number of rotatable bonds is 9. The third-order valence-electron chi connectivity index (χ3n) is 5.76. The van der Waals surface area contributed by atoms with Crippen LogP contribution in [0.2, 0.25) is 0 Å². The second-order valence-electron chi connectivity index (χ2n) is 8.53. The highest BCUT2D eigenvalue weighted by atomic mass is 32.2. The number of nitrogens with one attached hydrogen (secondary N) is 2. The van der Waals surface area contributed by atoms with Gasteiger partial charge in [0.2, 0.25) is 10.0 Å². The van der Waals surface area contributed by atoms with Crippen LogP contribution in [-0.2, 0) is 19.5 Å². The molecule has 2 heterocycles. The number of ether oxygens (including phenoxy) is 3. The van der Waals surface area contributed by atoms with Crippen LogP contribution < -0.4 is 25.4 Å². The molecule has 0 aliphatic carbocycles. The van der Waals surface area contributed by atoms with E-state index in [-0.39, 0.29) is 22.9 Å². The van der Waals surface area contributed by atoms with Crippen molar-refractivity contribution in [2.75, 3.05) is 55.1 Å². The fourth-order valence-corrected chi connectivity index (χ4v) is 4.41. The molecule has 14 heteroatoms. The Morgan fingerprint density at radius 2 is 1.55 bits per heavy atom. The summed E-state index contributed by atoms with van der Waals surface area (Å²) in [5.74, 6) is 0.419. The molecular weight excluding hydrogens is 540 g/mol. The zero-order valence-corrected chi connectivity index (χ0v) is 22.9. The molecule has 0 radical (unpaired) electrons. The van der Waals surface area contributed by atoms with Gasteiger partial charge in [-0.1, -0.05) is 0 Å². The van der Waals surface area contributed by atoms with Crippen molar-refractivity contribution >= 4 is 39.2 Å². The third-order valence-corrected chi connectivity index (χ3v) is 6.69. The van der Waals surface area contributed by atoms with Crippen LogP contribution in [0.15, 0.2) is 53.4 Å². The number of nitrogens with two attached hydrogens (primary N) is 1. The van der Waals surface area contributed by atoms with Crippen molar-refractivity contribution in [3.63, 3.8) is 0 Å². The molecule has 1 fully saturated rings. The lowest BCUT2D eigenvalue weighted by molar-refractivity contribution is 0.0514. The van der Waals surface area contributed by atoms with E-state index in [2.05, 4.69) is 15.6 Å². The molecule has 0 atom stereocenters. The highest BCUT2D eigenvalue weighted by molar-refractivity contribution is 7.89. The SMILES string of the molecule is CCOC(=O)c1nc(-c2ccc(NC(=O)Nc3ccc(S(N)(=O)=O)cc3)cc2)nc(N2CCOCC2)c1OCC. The van der Waals surface area contributed by atoms with Gasteiger partial charge in [0.15, 0.2) is 23.1 Å². The maximum atomic E-state index is 12.8. The number of benzene rings is 2. The third kappa shape index (κ3) is 7.02. The van der Waals surface area contributed by atoms with Gasteiger partial charge >= 0.3 is 12.0 Å². The van der Waals surface area contributed by atoms with Gasteiger partial charge in [-0.25, -0.2) is 33.1 Å². The number of urea groups is 1. The number of sulfonamides is 1. The topological polar surface area (TPSA) is 175 Å². The number of morpholine rings is 1. The summed E-state index contributed by atoms with van der Waals surface area (Å²) < 4.78 is 39.3. The van der Waals surface area contributed by atoms with Crippen LogP contribution in [0, 0.1) is 0 Å². The van der Waals surface area contributed by atoms with Crippen molar-refractivity contribution in [2.45, 2.75) is 18.7 Å². The molecule has 0 bridgehead atoms. The molecule has 4 N–H and O–H groups in total. The largest absolute Gasteiger partial charge is 0.488 e. The standard InChI is InChI=1S/C26H30N6O7S/c1-3-38-22-21(25(33)39-4-2)30-23(31-24(22)32-13-15-37-16-14-32)17-5-7-18(8-6-17)28-26(34)29-19-9-11-20(12-10-19)40(27,35)36/h5-12H,3-4,13-16H2,1-2H3,(H2,27,35,36)(H2,28,29,34). The van der Waals surface area contributed by atoms with Gasteiger partial charge in [-0.2, -0.15) is 0 Å². The van der Waals surface area contributed by atoms with Crippen LogP contribution in [0.5, 0.6) is 5.75 Å². The molecular formula is C26H30N6O7S. The molecule has 212 valence electrons. The van der Waals surface area contributed by atoms with Gasteiger partial charge in [-0.15, -0.1) is 0 Å². The van der Waals surface area contributed by atoms with Crippen LogP contribution >= 0.6 is 0 Å². The van der Waals surface area contributed by atoms with Gasteiger partial charge in [-0.3, -0.25) is 0 Å². The molecule has 1 aliphatic heterocycles. The Bertz CT molecular complexity index is 1460. The van der Waals surface area contributed by atoms with Crippen LogP contribution in [0.25, 0.3) is 11.4 Å². The van der Waals surface area contributed by atoms with E-state index in [0.29, 0.717) is 61.5 Å². The fraction of sp³-hybridized carbons (Fsp3) is 0.308. The highest BCUT2D eigenvalue weighted by Crippen LogP contribution is 2.33. The van der Waals surface area contributed by atoms with Crippen LogP contribution in [0.4, 0.5) is 22.0 Å². The summed E-state index contributed by atoms with van der Waals surface area (Å²) in [4.78, 5) is 36.4. The maximum Gasteiger partial charge on any atom is 0.361 e. The maximum absolute atomic E-state index is 12.8. The van der Waals surface area contributed by atoms with Crippen molar-refractivity contribution in [3.8, 4) is 17.1 Å². The average Bonchev–Trinajstić information content (AvgIpc) is 2.94. The Morgan fingerprint density at radius 1 is 0.950 bits per heavy atom. The number of aromatic nitrogens is 2. The first-order chi connectivity index (χ1) is 19.2. The van der Waals surface area contributed by atoms with Crippen molar-refractivity contribution < 1.29 is 32.2 Å². The number of nitrogens with zero attached hydrogens (tertiary/aromatic N) is 3. The molecule has 0 saturated carbocycles. The molecule has 3 aromatic rings. The number of amides is 2. The Balaban J connectivity index is 1.56. The number of hydrogen-bond donors (Lipinski definition) is 3. The van der Waals surface area contributed by atoms with Gasteiger partial charge < -0.3 is 29.7 Å². The summed E-state index contributed by atoms with van der Waals surface area (Å²) in [5, 5.41) is 10.4. The lowest BCUT2D eigenvalue weighted by Crippen LogP contribution is -2.37.